The lowest BCUT2D eigenvalue weighted by molar-refractivity contribution is -0.124. The number of hydrogen-bond donors (Lipinski definition) is 1. The topological polar surface area (TPSA) is 32.3 Å². The van der Waals surface area contributed by atoms with E-state index in [1.807, 2.05) is 43.9 Å². The van der Waals surface area contributed by atoms with E-state index in [2.05, 4.69) is 18.3 Å². The van der Waals surface area contributed by atoms with E-state index in [0.717, 1.165) is 18.7 Å². The summed E-state index contributed by atoms with van der Waals surface area (Å²) in [5.41, 5.74) is 1.83. The van der Waals surface area contributed by atoms with Gasteiger partial charge in [-0.15, -0.1) is 0 Å². The first-order valence-corrected chi connectivity index (χ1v) is 6.64. The van der Waals surface area contributed by atoms with Crippen molar-refractivity contribution in [2.24, 2.45) is 0 Å². The van der Waals surface area contributed by atoms with Crippen LogP contribution in [-0.2, 0) is 11.2 Å². The number of rotatable bonds is 3. The summed E-state index contributed by atoms with van der Waals surface area (Å²) >= 11 is 0. The molecule has 18 heavy (non-hydrogen) atoms. The smallest absolute Gasteiger partial charge is 0.246 e. The molecule has 0 fully saturated rings. The van der Waals surface area contributed by atoms with Crippen LogP contribution in [0.5, 0.6) is 0 Å². The van der Waals surface area contributed by atoms with Crippen molar-refractivity contribution in [3.05, 3.63) is 29.8 Å². The van der Waals surface area contributed by atoms with E-state index >= 15 is 0 Å². The van der Waals surface area contributed by atoms with Gasteiger partial charge in [0.25, 0.3) is 0 Å². The van der Waals surface area contributed by atoms with Crippen LogP contribution in [0.2, 0.25) is 0 Å². The molecule has 1 aliphatic heterocycles. The van der Waals surface area contributed by atoms with Crippen LogP contribution in [0.3, 0.4) is 0 Å². The molecular weight excluding hydrogens is 224 g/mol. The Balaban J connectivity index is 2.31. The third-order valence-electron chi connectivity index (χ3n) is 3.58. The zero-order chi connectivity index (χ0) is 13.3. The summed E-state index contributed by atoms with van der Waals surface area (Å²) < 4.78 is 0. The largest absolute Gasteiger partial charge is 0.307 e. The molecule has 1 N–H and O–H groups in total. The molecule has 1 aromatic carbocycles. The van der Waals surface area contributed by atoms with Gasteiger partial charge in [0.2, 0.25) is 5.91 Å². The molecule has 98 valence electrons. The number of nitrogens with one attached hydrogen (secondary N) is 1. The maximum Gasteiger partial charge on any atom is 0.246 e. The molecule has 0 bridgehead atoms. The van der Waals surface area contributed by atoms with Crippen molar-refractivity contribution in [3.63, 3.8) is 0 Å². The number of amides is 1. The van der Waals surface area contributed by atoms with Gasteiger partial charge in [-0.05, 0) is 45.4 Å². The van der Waals surface area contributed by atoms with Crippen LogP contribution >= 0.6 is 0 Å². The number of nitrogens with zero attached hydrogens (tertiary/aromatic N) is 1. The van der Waals surface area contributed by atoms with Gasteiger partial charge in [-0.1, -0.05) is 25.1 Å². The third-order valence-corrected chi connectivity index (χ3v) is 3.58. The van der Waals surface area contributed by atoms with Crippen molar-refractivity contribution in [2.75, 3.05) is 11.4 Å². The molecule has 3 nitrogen and oxygen atoms in total. The molecule has 0 radical (unpaired) electrons. The average Bonchev–Trinajstić information content (AvgIpc) is 2.63. The van der Waals surface area contributed by atoms with Crippen molar-refractivity contribution in [1.82, 2.24) is 5.32 Å². The highest BCUT2D eigenvalue weighted by Gasteiger charge is 2.38. The lowest BCUT2D eigenvalue weighted by atomic mass is 10.0. The summed E-state index contributed by atoms with van der Waals surface area (Å²) in [5, 5.41) is 3.26. The molecule has 0 spiro atoms. The number of carbonyl (C=O) groups is 1. The highest BCUT2D eigenvalue weighted by atomic mass is 16.2. The van der Waals surface area contributed by atoms with Gasteiger partial charge in [-0.3, -0.25) is 4.79 Å². The van der Waals surface area contributed by atoms with E-state index in [1.165, 1.54) is 5.56 Å². The fourth-order valence-electron chi connectivity index (χ4n) is 2.69. The Bertz CT molecular complexity index is 454. The summed E-state index contributed by atoms with van der Waals surface area (Å²) in [4.78, 5) is 14.6. The highest BCUT2D eigenvalue weighted by molar-refractivity contribution is 6.01. The zero-order valence-electron chi connectivity index (χ0n) is 11.7. The Kier molecular flexibility index (Phi) is 3.44. The molecule has 1 amide bonds. The molecule has 2 rings (SSSR count). The van der Waals surface area contributed by atoms with Gasteiger partial charge in [-0.2, -0.15) is 0 Å². The molecule has 0 aromatic heterocycles. The highest BCUT2D eigenvalue weighted by Crippen LogP contribution is 2.33. The number of hydrogen-bond acceptors (Lipinski definition) is 2. The van der Waals surface area contributed by atoms with Gasteiger partial charge in [0, 0.05) is 11.7 Å². The summed E-state index contributed by atoms with van der Waals surface area (Å²) in [6.07, 6.45) is 0.949. The maximum absolute atomic E-state index is 12.7. The average molecular weight is 246 g/mol. The van der Waals surface area contributed by atoms with Gasteiger partial charge in [-0.25, -0.2) is 0 Å². The first-order valence-electron chi connectivity index (χ1n) is 6.64. The minimum atomic E-state index is -0.513. The third kappa shape index (κ3) is 2.15. The van der Waals surface area contributed by atoms with Crippen LogP contribution < -0.4 is 10.2 Å². The van der Waals surface area contributed by atoms with Crippen molar-refractivity contribution >= 4 is 11.6 Å². The number of fused-ring (bicyclic) bond motifs is 1. The Morgan fingerprint density at radius 3 is 2.78 bits per heavy atom. The van der Waals surface area contributed by atoms with Crippen LogP contribution in [0.25, 0.3) is 0 Å². The van der Waals surface area contributed by atoms with E-state index < -0.39 is 5.54 Å². The van der Waals surface area contributed by atoms with E-state index in [4.69, 9.17) is 0 Å². The van der Waals surface area contributed by atoms with Crippen molar-refractivity contribution in [2.45, 2.75) is 45.7 Å². The first-order chi connectivity index (χ1) is 8.47. The summed E-state index contributed by atoms with van der Waals surface area (Å²) in [7, 11) is 0. The van der Waals surface area contributed by atoms with Gasteiger partial charge < -0.3 is 10.2 Å². The van der Waals surface area contributed by atoms with E-state index in [1.54, 1.807) is 0 Å². The minimum absolute atomic E-state index is 0.154. The number of likely N-dealkylation sites (N-methyl/N-ethyl adjacent to an activating group) is 1. The van der Waals surface area contributed by atoms with Crippen molar-refractivity contribution < 1.29 is 4.79 Å². The van der Waals surface area contributed by atoms with Gasteiger partial charge in [0.05, 0.1) is 5.54 Å². The van der Waals surface area contributed by atoms with Crippen molar-refractivity contribution in [1.29, 1.82) is 0 Å². The van der Waals surface area contributed by atoms with Crippen molar-refractivity contribution in [3.8, 4) is 0 Å². The molecule has 1 atom stereocenters. The Labute approximate surface area is 109 Å². The first kappa shape index (κ1) is 13.1. The van der Waals surface area contributed by atoms with Crippen LogP contribution in [0.4, 0.5) is 5.69 Å². The Morgan fingerprint density at radius 2 is 2.11 bits per heavy atom. The predicted octanol–water partition coefficient (Wildman–Crippen LogP) is 2.35. The van der Waals surface area contributed by atoms with Crippen LogP contribution in [-0.4, -0.2) is 24.0 Å². The van der Waals surface area contributed by atoms with E-state index in [-0.39, 0.29) is 11.9 Å². The Morgan fingerprint density at radius 1 is 1.44 bits per heavy atom. The van der Waals surface area contributed by atoms with Gasteiger partial charge in [0.1, 0.15) is 0 Å². The SMILES string of the molecule is CCNC(C)(C)C(=O)N1c2ccccc2CC1C. The van der Waals surface area contributed by atoms with Crippen LogP contribution in [0, 0.1) is 0 Å². The number of benzene rings is 1. The molecule has 1 unspecified atom stereocenters. The quantitative estimate of drug-likeness (QED) is 0.888. The molecule has 0 saturated carbocycles. The van der Waals surface area contributed by atoms with Gasteiger partial charge in [0.15, 0.2) is 0 Å². The number of para-hydroxylation sites is 1. The van der Waals surface area contributed by atoms with E-state index in [0.29, 0.717) is 0 Å². The van der Waals surface area contributed by atoms with Crippen LogP contribution in [0.15, 0.2) is 24.3 Å². The molecule has 0 saturated heterocycles. The second-order valence-corrected chi connectivity index (χ2v) is 5.51. The maximum atomic E-state index is 12.7. The molecule has 0 aliphatic carbocycles. The lowest BCUT2D eigenvalue weighted by Gasteiger charge is -2.33. The lowest BCUT2D eigenvalue weighted by Crippen LogP contribution is -2.55. The molecule has 1 aliphatic rings. The van der Waals surface area contributed by atoms with Crippen LogP contribution in [0.1, 0.15) is 33.3 Å². The molecule has 1 aromatic rings. The molecule has 3 heteroatoms. The fraction of sp³-hybridized carbons (Fsp3) is 0.533. The molecular formula is C15H22N2O. The fourth-order valence-corrected chi connectivity index (χ4v) is 2.69. The van der Waals surface area contributed by atoms with E-state index in [9.17, 15) is 4.79 Å². The predicted molar refractivity (Wildman–Crippen MR) is 74.8 cm³/mol. The standard InChI is InChI=1S/C15H22N2O/c1-5-16-15(3,4)14(18)17-11(2)10-12-8-6-7-9-13(12)17/h6-9,11,16H,5,10H2,1-4H3. The second kappa shape index (κ2) is 4.73. The summed E-state index contributed by atoms with van der Waals surface area (Å²) in [5.74, 6) is 0.154. The number of carbonyl (C=O) groups excluding carboxylic acids is 1. The minimum Gasteiger partial charge on any atom is -0.307 e. The summed E-state index contributed by atoms with van der Waals surface area (Å²) in [6.45, 7) is 8.83. The van der Waals surface area contributed by atoms with Gasteiger partial charge >= 0.3 is 0 Å². The normalized spacial score (nSPS) is 18.9. The molecule has 1 heterocycles. The zero-order valence-corrected chi connectivity index (χ0v) is 11.7. The second-order valence-electron chi connectivity index (χ2n) is 5.51. The Hall–Kier alpha value is -1.35. The monoisotopic (exact) mass is 246 g/mol. The number of anilines is 1. The summed E-state index contributed by atoms with van der Waals surface area (Å²) in [6, 6.07) is 8.43.